The lowest BCUT2D eigenvalue weighted by atomic mass is 10.2. The molecule has 1 saturated heterocycles. The molecule has 1 atom stereocenters. The minimum atomic E-state index is 0.0144. The van der Waals surface area contributed by atoms with Crippen LogP contribution in [0.3, 0.4) is 0 Å². The summed E-state index contributed by atoms with van der Waals surface area (Å²) in [4.78, 5) is 26.1. The van der Waals surface area contributed by atoms with Crippen LogP contribution in [0.4, 0.5) is 0 Å². The zero-order valence-electron chi connectivity index (χ0n) is 9.62. The molecular formula is C10H19N3O2. The lowest BCUT2D eigenvalue weighted by molar-refractivity contribution is -0.149. The van der Waals surface area contributed by atoms with Gasteiger partial charge in [-0.05, 0) is 13.5 Å². The highest BCUT2D eigenvalue weighted by atomic mass is 16.2. The second-order valence-electron chi connectivity index (χ2n) is 3.92. The summed E-state index contributed by atoms with van der Waals surface area (Å²) in [6.07, 6.45) is 0.949. The maximum atomic E-state index is 11.6. The van der Waals surface area contributed by atoms with Crippen LogP contribution in [0.2, 0.25) is 0 Å². The predicted molar refractivity (Wildman–Crippen MR) is 57.4 cm³/mol. The Morgan fingerprint density at radius 1 is 1.33 bits per heavy atom. The van der Waals surface area contributed by atoms with E-state index in [0.29, 0.717) is 6.54 Å². The van der Waals surface area contributed by atoms with Gasteiger partial charge in [0.05, 0.1) is 13.1 Å². The van der Waals surface area contributed by atoms with Crippen molar-refractivity contribution in [1.82, 2.24) is 15.1 Å². The van der Waals surface area contributed by atoms with E-state index in [4.69, 9.17) is 0 Å². The summed E-state index contributed by atoms with van der Waals surface area (Å²) >= 11 is 0. The number of piperazine rings is 1. The molecule has 5 heteroatoms. The second kappa shape index (κ2) is 5.11. The van der Waals surface area contributed by atoms with E-state index in [2.05, 4.69) is 12.2 Å². The first-order valence-electron chi connectivity index (χ1n) is 5.27. The van der Waals surface area contributed by atoms with Crippen LogP contribution in [0.1, 0.15) is 13.3 Å². The number of hydrogen-bond donors (Lipinski definition) is 1. The number of nitrogens with one attached hydrogen (secondary N) is 1. The molecular weight excluding hydrogens is 194 g/mol. The fourth-order valence-corrected chi connectivity index (χ4v) is 1.62. The van der Waals surface area contributed by atoms with Crippen molar-refractivity contribution in [3.63, 3.8) is 0 Å². The molecule has 15 heavy (non-hydrogen) atoms. The number of carbonyl (C=O) groups is 2. The van der Waals surface area contributed by atoms with Gasteiger partial charge in [-0.3, -0.25) is 9.59 Å². The van der Waals surface area contributed by atoms with Crippen molar-refractivity contribution >= 4 is 11.8 Å². The lowest BCUT2D eigenvalue weighted by Gasteiger charge is -2.33. The average Bonchev–Trinajstić information content (AvgIpc) is 2.21. The molecule has 0 aromatic rings. The number of amides is 2. The third kappa shape index (κ3) is 2.92. The van der Waals surface area contributed by atoms with Crippen LogP contribution in [0.5, 0.6) is 0 Å². The summed E-state index contributed by atoms with van der Waals surface area (Å²) < 4.78 is 0. The summed E-state index contributed by atoms with van der Waals surface area (Å²) in [7, 11) is 3.53. The van der Waals surface area contributed by atoms with E-state index in [1.807, 2.05) is 7.05 Å². The molecule has 0 aromatic carbocycles. The summed E-state index contributed by atoms with van der Waals surface area (Å²) in [5.74, 6) is 0.0476. The Bertz CT molecular complexity index is 251. The van der Waals surface area contributed by atoms with Crippen LogP contribution >= 0.6 is 0 Å². The van der Waals surface area contributed by atoms with Gasteiger partial charge < -0.3 is 15.1 Å². The van der Waals surface area contributed by atoms with Crippen LogP contribution in [-0.2, 0) is 9.59 Å². The number of hydrogen-bond acceptors (Lipinski definition) is 3. The summed E-state index contributed by atoms with van der Waals surface area (Å²) in [5, 5.41) is 3.13. The first kappa shape index (κ1) is 12.0. The van der Waals surface area contributed by atoms with E-state index in [0.717, 1.165) is 6.42 Å². The molecule has 1 aliphatic rings. The Morgan fingerprint density at radius 3 is 2.53 bits per heavy atom. The average molecular weight is 213 g/mol. The minimum Gasteiger partial charge on any atom is -0.335 e. The van der Waals surface area contributed by atoms with E-state index in [9.17, 15) is 9.59 Å². The fraction of sp³-hybridized carbons (Fsp3) is 0.800. The highest BCUT2D eigenvalue weighted by Crippen LogP contribution is 2.04. The molecule has 0 aromatic heterocycles. The van der Waals surface area contributed by atoms with Crippen molar-refractivity contribution in [1.29, 1.82) is 0 Å². The predicted octanol–water partition coefficient (Wildman–Crippen LogP) is -0.715. The fourth-order valence-electron chi connectivity index (χ4n) is 1.62. The van der Waals surface area contributed by atoms with Gasteiger partial charge >= 0.3 is 0 Å². The Labute approximate surface area is 90.4 Å². The van der Waals surface area contributed by atoms with Crippen LogP contribution < -0.4 is 5.32 Å². The number of rotatable bonds is 4. The standard InChI is InChI=1S/C10H19N3O2/c1-4-8(11-2)5-13-7-9(14)12(3)6-10(13)15/h8,11H,4-7H2,1-3H3. The molecule has 0 spiro atoms. The summed E-state index contributed by atoms with van der Waals surface area (Å²) in [6.45, 7) is 3.10. The van der Waals surface area contributed by atoms with E-state index in [1.165, 1.54) is 4.90 Å². The van der Waals surface area contributed by atoms with Gasteiger partial charge in [0.25, 0.3) is 0 Å². The summed E-state index contributed by atoms with van der Waals surface area (Å²) in [6, 6.07) is 0.269. The molecule has 1 aliphatic heterocycles. The molecule has 86 valence electrons. The highest BCUT2D eigenvalue weighted by molar-refractivity contribution is 5.92. The monoisotopic (exact) mass is 213 g/mol. The van der Waals surface area contributed by atoms with Crippen LogP contribution in [0.15, 0.2) is 0 Å². The Morgan fingerprint density at radius 2 is 2.00 bits per heavy atom. The molecule has 0 radical (unpaired) electrons. The molecule has 5 nitrogen and oxygen atoms in total. The zero-order chi connectivity index (χ0) is 11.4. The molecule has 0 aliphatic carbocycles. The number of nitrogens with zero attached hydrogens (tertiary/aromatic N) is 2. The lowest BCUT2D eigenvalue weighted by Crippen LogP contribution is -2.55. The molecule has 0 bridgehead atoms. The Balaban J connectivity index is 2.54. The molecule has 1 heterocycles. The summed E-state index contributed by atoms with van der Waals surface area (Å²) in [5.41, 5.74) is 0. The largest absolute Gasteiger partial charge is 0.335 e. The molecule has 1 rings (SSSR count). The van der Waals surface area contributed by atoms with Crippen molar-refractivity contribution < 1.29 is 9.59 Å². The van der Waals surface area contributed by atoms with Gasteiger partial charge in [0, 0.05) is 19.6 Å². The topological polar surface area (TPSA) is 52.7 Å². The third-order valence-corrected chi connectivity index (χ3v) is 2.82. The Kier molecular flexibility index (Phi) is 4.08. The normalized spacial score (nSPS) is 19.7. The molecule has 1 unspecified atom stereocenters. The van der Waals surface area contributed by atoms with Crippen LogP contribution in [0, 0.1) is 0 Å². The van der Waals surface area contributed by atoms with Crippen LogP contribution in [0.25, 0.3) is 0 Å². The molecule has 1 fully saturated rings. The first-order valence-corrected chi connectivity index (χ1v) is 5.27. The maximum absolute atomic E-state index is 11.6. The van der Waals surface area contributed by atoms with Crippen molar-refractivity contribution in [2.75, 3.05) is 33.7 Å². The van der Waals surface area contributed by atoms with Crippen molar-refractivity contribution in [3.8, 4) is 0 Å². The molecule has 0 saturated carbocycles. The van der Waals surface area contributed by atoms with Crippen molar-refractivity contribution in [3.05, 3.63) is 0 Å². The number of carbonyl (C=O) groups excluding carboxylic acids is 2. The van der Waals surface area contributed by atoms with Gasteiger partial charge in [-0.15, -0.1) is 0 Å². The van der Waals surface area contributed by atoms with E-state index >= 15 is 0 Å². The zero-order valence-corrected chi connectivity index (χ0v) is 9.62. The van der Waals surface area contributed by atoms with Gasteiger partial charge in [-0.2, -0.15) is 0 Å². The van der Waals surface area contributed by atoms with Gasteiger partial charge in [-0.1, -0.05) is 6.92 Å². The molecule has 2 amide bonds. The smallest absolute Gasteiger partial charge is 0.242 e. The van der Waals surface area contributed by atoms with Gasteiger partial charge in [-0.25, -0.2) is 0 Å². The van der Waals surface area contributed by atoms with Gasteiger partial charge in [0.2, 0.25) is 11.8 Å². The van der Waals surface area contributed by atoms with E-state index in [1.54, 1.807) is 11.9 Å². The van der Waals surface area contributed by atoms with Gasteiger partial charge in [0.1, 0.15) is 0 Å². The SMILES string of the molecule is CCC(CN1CC(=O)N(C)CC1=O)NC. The van der Waals surface area contributed by atoms with Crippen LogP contribution in [-0.4, -0.2) is 61.4 Å². The maximum Gasteiger partial charge on any atom is 0.242 e. The van der Waals surface area contributed by atoms with Crippen molar-refractivity contribution in [2.45, 2.75) is 19.4 Å². The van der Waals surface area contributed by atoms with E-state index < -0.39 is 0 Å². The number of likely N-dealkylation sites (N-methyl/N-ethyl adjacent to an activating group) is 2. The van der Waals surface area contributed by atoms with E-state index in [-0.39, 0.29) is 30.9 Å². The quantitative estimate of drug-likeness (QED) is 0.671. The minimum absolute atomic E-state index is 0.0144. The Hall–Kier alpha value is -1.10. The van der Waals surface area contributed by atoms with Crippen molar-refractivity contribution in [2.24, 2.45) is 0 Å². The first-order chi connectivity index (χ1) is 7.08. The second-order valence-corrected chi connectivity index (χ2v) is 3.92. The highest BCUT2D eigenvalue weighted by Gasteiger charge is 2.28. The van der Waals surface area contributed by atoms with Gasteiger partial charge in [0.15, 0.2) is 0 Å². The third-order valence-electron chi connectivity index (χ3n) is 2.82. The molecule has 1 N–H and O–H groups in total.